The Balaban J connectivity index is 1.47. The zero-order valence-electron chi connectivity index (χ0n) is 13.2. The number of nitrogens with zero attached hydrogens (tertiary/aromatic N) is 2. The van der Waals surface area contributed by atoms with Crippen molar-refractivity contribution >= 4 is 22.5 Å². The average Bonchev–Trinajstić information content (AvgIpc) is 3.09. The van der Waals surface area contributed by atoms with E-state index in [-0.39, 0.29) is 11.7 Å². The first-order valence-corrected chi connectivity index (χ1v) is 8.08. The lowest BCUT2D eigenvalue weighted by atomic mass is 10.1. The van der Waals surface area contributed by atoms with Gasteiger partial charge >= 0.3 is 0 Å². The highest BCUT2D eigenvalue weighted by atomic mass is 19.1. The molecule has 4 rings (SSSR count). The quantitative estimate of drug-likeness (QED) is 0.786. The Labute approximate surface area is 139 Å². The van der Waals surface area contributed by atoms with E-state index in [4.69, 9.17) is 0 Å². The van der Waals surface area contributed by atoms with Crippen LogP contribution in [0, 0.1) is 5.82 Å². The van der Waals surface area contributed by atoms with Gasteiger partial charge in [0, 0.05) is 43.5 Å². The minimum atomic E-state index is -0.213. The molecule has 122 valence electrons. The van der Waals surface area contributed by atoms with Crippen LogP contribution in [-0.2, 0) is 0 Å². The van der Waals surface area contributed by atoms with Crippen LogP contribution in [0.2, 0.25) is 0 Å². The van der Waals surface area contributed by atoms with Gasteiger partial charge in [-0.05, 0) is 35.7 Å². The highest BCUT2D eigenvalue weighted by Gasteiger charge is 2.23. The largest absolute Gasteiger partial charge is 0.366 e. The van der Waals surface area contributed by atoms with Crippen LogP contribution in [0.25, 0.3) is 10.9 Å². The lowest BCUT2D eigenvalue weighted by Gasteiger charge is -2.36. The van der Waals surface area contributed by atoms with Gasteiger partial charge in [0.25, 0.3) is 5.91 Å². The number of piperazine rings is 1. The number of anilines is 1. The van der Waals surface area contributed by atoms with Gasteiger partial charge in [0.15, 0.2) is 0 Å². The maximum atomic E-state index is 13.9. The van der Waals surface area contributed by atoms with Crippen molar-refractivity contribution in [1.82, 2.24) is 9.88 Å². The molecule has 0 radical (unpaired) electrons. The van der Waals surface area contributed by atoms with E-state index < -0.39 is 0 Å². The molecule has 0 unspecified atom stereocenters. The Kier molecular flexibility index (Phi) is 3.69. The lowest BCUT2D eigenvalue weighted by Crippen LogP contribution is -2.49. The summed E-state index contributed by atoms with van der Waals surface area (Å²) in [5, 5.41) is 1.09. The summed E-state index contributed by atoms with van der Waals surface area (Å²) in [4.78, 5) is 19.7. The molecule has 4 nitrogen and oxygen atoms in total. The smallest absolute Gasteiger partial charge is 0.254 e. The third-order valence-corrected chi connectivity index (χ3v) is 4.56. The number of nitrogens with one attached hydrogen (secondary N) is 1. The van der Waals surface area contributed by atoms with Gasteiger partial charge in [0.05, 0.1) is 5.69 Å². The fraction of sp³-hybridized carbons (Fsp3) is 0.211. The fourth-order valence-electron chi connectivity index (χ4n) is 3.22. The molecule has 1 saturated heterocycles. The van der Waals surface area contributed by atoms with Crippen LogP contribution >= 0.6 is 0 Å². The molecule has 0 atom stereocenters. The second-order valence-electron chi connectivity index (χ2n) is 6.01. The first-order chi connectivity index (χ1) is 11.7. The van der Waals surface area contributed by atoms with Crippen LogP contribution < -0.4 is 4.90 Å². The third-order valence-electron chi connectivity index (χ3n) is 4.56. The van der Waals surface area contributed by atoms with Crippen molar-refractivity contribution in [3.8, 4) is 0 Å². The summed E-state index contributed by atoms with van der Waals surface area (Å²) in [6.07, 6.45) is 1.87. The molecule has 24 heavy (non-hydrogen) atoms. The molecule has 1 aliphatic rings. The highest BCUT2D eigenvalue weighted by Crippen LogP contribution is 2.21. The van der Waals surface area contributed by atoms with Gasteiger partial charge in [0.2, 0.25) is 0 Å². The molecule has 0 saturated carbocycles. The number of aromatic amines is 1. The molecule has 1 fully saturated rings. The second-order valence-corrected chi connectivity index (χ2v) is 6.01. The normalized spacial score (nSPS) is 15.0. The summed E-state index contributed by atoms with van der Waals surface area (Å²) in [6.45, 7) is 2.46. The Bertz CT molecular complexity index is 881. The first kappa shape index (κ1) is 14.8. The summed E-state index contributed by atoms with van der Waals surface area (Å²) < 4.78 is 13.9. The number of fused-ring (bicyclic) bond motifs is 1. The number of hydrogen-bond donors (Lipinski definition) is 1. The van der Waals surface area contributed by atoms with Crippen LogP contribution in [0.4, 0.5) is 10.1 Å². The number of amides is 1. The molecule has 1 aromatic heterocycles. The summed E-state index contributed by atoms with van der Waals surface area (Å²) in [7, 11) is 0. The number of hydrogen-bond acceptors (Lipinski definition) is 2. The van der Waals surface area contributed by atoms with E-state index in [0.717, 1.165) is 10.9 Å². The predicted molar refractivity (Wildman–Crippen MR) is 92.8 cm³/mol. The van der Waals surface area contributed by atoms with Crippen LogP contribution in [0.15, 0.2) is 54.7 Å². The Hall–Kier alpha value is -2.82. The van der Waals surface area contributed by atoms with Crippen molar-refractivity contribution in [3.63, 3.8) is 0 Å². The maximum absolute atomic E-state index is 13.9. The molecule has 0 bridgehead atoms. The van der Waals surface area contributed by atoms with Crippen molar-refractivity contribution in [3.05, 3.63) is 66.1 Å². The fourth-order valence-corrected chi connectivity index (χ4v) is 3.22. The molecule has 0 aliphatic carbocycles. The summed E-state index contributed by atoms with van der Waals surface area (Å²) >= 11 is 0. The number of benzene rings is 2. The van der Waals surface area contributed by atoms with E-state index in [1.165, 1.54) is 6.07 Å². The zero-order chi connectivity index (χ0) is 16.5. The molecule has 5 heteroatoms. The monoisotopic (exact) mass is 323 g/mol. The number of aromatic nitrogens is 1. The molecule has 2 heterocycles. The first-order valence-electron chi connectivity index (χ1n) is 8.08. The Morgan fingerprint density at radius 2 is 1.79 bits per heavy atom. The van der Waals surface area contributed by atoms with Gasteiger partial charge in [-0.1, -0.05) is 18.2 Å². The topological polar surface area (TPSA) is 39.3 Å². The van der Waals surface area contributed by atoms with Crippen molar-refractivity contribution in [2.24, 2.45) is 0 Å². The zero-order valence-corrected chi connectivity index (χ0v) is 13.2. The molecule has 3 aromatic rings. The van der Waals surface area contributed by atoms with E-state index in [0.29, 0.717) is 37.4 Å². The van der Waals surface area contributed by atoms with Gasteiger partial charge in [-0.3, -0.25) is 4.79 Å². The summed E-state index contributed by atoms with van der Waals surface area (Å²) in [6, 6.07) is 14.5. The third kappa shape index (κ3) is 2.62. The lowest BCUT2D eigenvalue weighted by molar-refractivity contribution is 0.0747. The average molecular weight is 323 g/mol. The van der Waals surface area contributed by atoms with Crippen LogP contribution in [-0.4, -0.2) is 42.0 Å². The number of rotatable bonds is 2. The number of para-hydroxylation sites is 1. The van der Waals surface area contributed by atoms with Crippen molar-refractivity contribution in [2.45, 2.75) is 0 Å². The van der Waals surface area contributed by atoms with Gasteiger partial charge in [-0.25, -0.2) is 4.39 Å². The van der Waals surface area contributed by atoms with E-state index in [2.05, 4.69) is 4.98 Å². The van der Waals surface area contributed by atoms with Crippen LogP contribution in [0.3, 0.4) is 0 Å². The second kappa shape index (κ2) is 6.00. The standard InChI is InChI=1S/C19H18FN3O/c20-16-3-1-2-4-18(16)22-9-11-23(12-10-22)19(24)15-6-5-14-7-8-21-17(14)13-15/h1-8,13,21H,9-12H2. The van der Waals surface area contributed by atoms with Crippen LogP contribution in [0.1, 0.15) is 10.4 Å². The highest BCUT2D eigenvalue weighted by molar-refractivity contribution is 5.98. The van der Waals surface area contributed by atoms with Gasteiger partial charge in [0.1, 0.15) is 5.82 Å². The number of carbonyl (C=O) groups is 1. The molecule has 2 aromatic carbocycles. The molecule has 0 spiro atoms. The molecule has 1 N–H and O–H groups in total. The summed E-state index contributed by atoms with van der Waals surface area (Å²) in [5.74, 6) is -0.186. The van der Waals surface area contributed by atoms with Gasteiger partial charge in [-0.15, -0.1) is 0 Å². The summed E-state index contributed by atoms with van der Waals surface area (Å²) in [5.41, 5.74) is 2.26. The van der Waals surface area contributed by atoms with E-state index in [9.17, 15) is 9.18 Å². The SMILES string of the molecule is O=C(c1ccc2cc[nH]c2c1)N1CCN(c2ccccc2F)CC1. The Morgan fingerprint density at radius 3 is 2.58 bits per heavy atom. The van der Waals surface area contributed by atoms with Crippen molar-refractivity contribution in [1.29, 1.82) is 0 Å². The number of H-pyrrole nitrogens is 1. The molecular weight excluding hydrogens is 305 g/mol. The van der Waals surface area contributed by atoms with Crippen LogP contribution in [0.5, 0.6) is 0 Å². The molecule has 1 amide bonds. The van der Waals surface area contributed by atoms with E-state index >= 15 is 0 Å². The number of halogens is 1. The minimum Gasteiger partial charge on any atom is -0.366 e. The van der Waals surface area contributed by atoms with Gasteiger partial charge in [-0.2, -0.15) is 0 Å². The van der Waals surface area contributed by atoms with Crippen molar-refractivity contribution in [2.75, 3.05) is 31.1 Å². The minimum absolute atomic E-state index is 0.0275. The van der Waals surface area contributed by atoms with Crippen molar-refractivity contribution < 1.29 is 9.18 Å². The van der Waals surface area contributed by atoms with E-state index in [1.807, 2.05) is 46.3 Å². The Morgan fingerprint density at radius 1 is 1.00 bits per heavy atom. The van der Waals surface area contributed by atoms with Gasteiger partial charge < -0.3 is 14.8 Å². The number of carbonyl (C=O) groups excluding carboxylic acids is 1. The predicted octanol–water partition coefficient (Wildman–Crippen LogP) is 3.27. The van der Waals surface area contributed by atoms with E-state index in [1.54, 1.807) is 12.1 Å². The molecular formula is C19H18FN3O. The molecule has 1 aliphatic heterocycles. The maximum Gasteiger partial charge on any atom is 0.254 e.